The van der Waals surface area contributed by atoms with E-state index in [0.717, 1.165) is 26.7 Å². The van der Waals surface area contributed by atoms with Crippen LogP contribution in [0.3, 0.4) is 0 Å². The molecular formula is C24H24N2O4S. The Labute approximate surface area is 184 Å². The number of carbonyl (C=O) groups is 1. The number of ether oxygens (including phenoxy) is 3. The van der Waals surface area contributed by atoms with Crippen molar-refractivity contribution < 1.29 is 19.0 Å². The van der Waals surface area contributed by atoms with Gasteiger partial charge in [0.05, 0.1) is 31.1 Å². The number of rotatable bonds is 7. The monoisotopic (exact) mass is 436 g/mol. The summed E-state index contributed by atoms with van der Waals surface area (Å²) in [5.74, 6) is 0.896. The van der Waals surface area contributed by atoms with Crippen LogP contribution in [0.2, 0.25) is 0 Å². The van der Waals surface area contributed by atoms with E-state index in [-0.39, 0.29) is 5.91 Å². The van der Waals surface area contributed by atoms with Crippen molar-refractivity contribution in [3.8, 4) is 11.5 Å². The average Bonchev–Trinajstić information content (AvgIpc) is 3.15. The number of fused-ring (bicyclic) bond motifs is 2. The third-order valence-corrected chi connectivity index (χ3v) is 6.09. The number of methoxy groups -OCH3 is 2. The lowest BCUT2D eigenvalue weighted by Gasteiger charge is -2.09. The molecule has 0 saturated heterocycles. The number of amides is 1. The number of para-hydroxylation sites is 1. The molecule has 0 fully saturated rings. The quantitative estimate of drug-likeness (QED) is 0.396. The fourth-order valence-corrected chi connectivity index (χ4v) is 4.63. The van der Waals surface area contributed by atoms with E-state index in [0.29, 0.717) is 35.9 Å². The molecule has 1 heterocycles. The molecule has 0 unspecified atom stereocenters. The lowest BCUT2D eigenvalue weighted by molar-refractivity contribution is 0.0994. The maximum Gasteiger partial charge on any atom is 0.283 e. The van der Waals surface area contributed by atoms with Crippen LogP contribution in [0.15, 0.2) is 59.6 Å². The van der Waals surface area contributed by atoms with Gasteiger partial charge in [-0.15, -0.1) is 0 Å². The molecule has 3 aromatic carbocycles. The molecule has 160 valence electrons. The van der Waals surface area contributed by atoms with E-state index in [1.165, 1.54) is 11.3 Å². The van der Waals surface area contributed by atoms with Gasteiger partial charge in [-0.25, -0.2) is 0 Å². The van der Waals surface area contributed by atoms with Crippen LogP contribution >= 0.6 is 11.3 Å². The van der Waals surface area contributed by atoms with Gasteiger partial charge >= 0.3 is 0 Å². The predicted molar refractivity (Wildman–Crippen MR) is 123 cm³/mol. The zero-order chi connectivity index (χ0) is 21.8. The Kier molecular flexibility index (Phi) is 6.34. The molecule has 0 aliphatic rings. The Bertz CT molecular complexity index is 1310. The van der Waals surface area contributed by atoms with Crippen LogP contribution in [-0.2, 0) is 11.3 Å². The zero-order valence-electron chi connectivity index (χ0n) is 17.8. The Balaban J connectivity index is 1.86. The van der Waals surface area contributed by atoms with Crippen molar-refractivity contribution in [3.05, 3.63) is 65.0 Å². The molecule has 0 aliphatic carbocycles. The SMILES string of the molecule is CCOCCn1c(=NC(=O)c2cc3ccccc3cc2OC)sc2cccc(OC)c21. The standard InChI is InChI=1S/C24H24N2O4S/c1-4-30-13-12-26-22-19(28-2)10-7-11-21(22)31-24(26)25-23(27)18-14-16-8-5-6-9-17(16)15-20(18)29-3/h5-11,14-15H,4,12-13H2,1-3H3. The molecular weight excluding hydrogens is 412 g/mol. The van der Waals surface area contributed by atoms with E-state index >= 15 is 0 Å². The highest BCUT2D eigenvalue weighted by atomic mass is 32.1. The summed E-state index contributed by atoms with van der Waals surface area (Å²) >= 11 is 1.45. The summed E-state index contributed by atoms with van der Waals surface area (Å²) in [6.45, 7) is 3.66. The number of benzene rings is 3. The van der Waals surface area contributed by atoms with Crippen LogP contribution in [0.1, 0.15) is 17.3 Å². The molecule has 6 nitrogen and oxygen atoms in total. The Morgan fingerprint density at radius 3 is 2.45 bits per heavy atom. The minimum Gasteiger partial charge on any atom is -0.496 e. The normalized spacial score (nSPS) is 11.9. The third-order valence-electron chi connectivity index (χ3n) is 5.04. The molecule has 4 rings (SSSR count). The Morgan fingerprint density at radius 1 is 1.00 bits per heavy atom. The number of hydrogen-bond donors (Lipinski definition) is 0. The fraction of sp³-hybridized carbons (Fsp3) is 0.250. The summed E-state index contributed by atoms with van der Waals surface area (Å²) in [7, 11) is 3.20. The van der Waals surface area contributed by atoms with Gasteiger partial charge in [-0.05, 0) is 42.0 Å². The van der Waals surface area contributed by atoms with E-state index in [1.807, 2.05) is 66.1 Å². The average molecular weight is 437 g/mol. The van der Waals surface area contributed by atoms with Crippen LogP contribution in [-0.4, -0.2) is 37.9 Å². The number of carbonyl (C=O) groups excluding carboxylic acids is 1. The van der Waals surface area contributed by atoms with E-state index in [4.69, 9.17) is 14.2 Å². The predicted octanol–water partition coefficient (Wildman–Crippen LogP) is 4.65. The highest BCUT2D eigenvalue weighted by molar-refractivity contribution is 7.16. The number of aromatic nitrogens is 1. The first-order valence-corrected chi connectivity index (χ1v) is 10.9. The lowest BCUT2D eigenvalue weighted by atomic mass is 10.1. The molecule has 4 aromatic rings. The molecule has 0 atom stereocenters. The first kappa shape index (κ1) is 21.1. The van der Waals surface area contributed by atoms with Crippen molar-refractivity contribution in [3.63, 3.8) is 0 Å². The molecule has 0 aliphatic heterocycles. The second-order valence-electron chi connectivity index (χ2n) is 6.86. The first-order valence-electron chi connectivity index (χ1n) is 10.1. The van der Waals surface area contributed by atoms with Gasteiger partial charge in [0.2, 0.25) is 0 Å². The summed E-state index contributed by atoms with van der Waals surface area (Å²) < 4.78 is 19.6. The Hall–Kier alpha value is -3.16. The maximum atomic E-state index is 13.2. The van der Waals surface area contributed by atoms with Gasteiger partial charge in [-0.2, -0.15) is 4.99 Å². The van der Waals surface area contributed by atoms with Crippen molar-refractivity contribution in [1.29, 1.82) is 0 Å². The Morgan fingerprint density at radius 2 is 1.74 bits per heavy atom. The summed E-state index contributed by atoms with van der Waals surface area (Å²) in [6, 6.07) is 17.4. The van der Waals surface area contributed by atoms with Gasteiger partial charge in [-0.3, -0.25) is 4.79 Å². The van der Waals surface area contributed by atoms with Gasteiger partial charge in [0.25, 0.3) is 5.91 Å². The lowest BCUT2D eigenvalue weighted by Crippen LogP contribution is -2.20. The highest BCUT2D eigenvalue weighted by Gasteiger charge is 2.16. The van der Waals surface area contributed by atoms with Gasteiger partial charge < -0.3 is 18.8 Å². The van der Waals surface area contributed by atoms with E-state index in [1.54, 1.807) is 14.2 Å². The summed E-state index contributed by atoms with van der Waals surface area (Å²) in [5.41, 5.74) is 1.34. The van der Waals surface area contributed by atoms with Crippen molar-refractivity contribution in [2.45, 2.75) is 13.5 Å². The van der Waals surface area contributed by atoms with Gasteiger partial charge in [-0.1, -0.05) is 41.7 Å². The molecule has 7 heteroatoms. The first-order chi connectivity index (χ1) is 15.2. The molecule has 1 aromatic heterocycles. The topological polar surface area (TPSA) is 62.1 Å². The largest absolute Gasteiger partial charge is 0.496 e. The third kappa shape index (κ3) is 4.19. The molecule has 0 bridgehead atoms. The highest BCUT2D eigenvalue weighted by Crippen LogP contribution is 2.29. The molecule has 1 amide bonds. The second kappa shape index (κ2) is 9.32. The summed E-state index contributed by atoms with van der Waals surface area (Å²) in [4.78, 5) is 18.3. The zero-order valence-corrected chi connectivity index (χ0v) is 18.6. The summed E-state index contributed by atoms with van der Waals surface area (Å²) in [5, 5.41) is 1.97. The van der Waals surface area contributed by atoms with E-state index in [9.17, 15) is 4.79 Å². The van der Waals surface area contributed by atoms with Gasteiger partial charge in [0, 0.05) is 13.2 Å². The maximum absolute atomic E-state index is 13.2. The fourth-order valence-electron chi connectivity index (χ4n) is 3.56. The molecule has 0 spiro atoms. The van der Waals surface area contributed by atoms with Crippen LogP contribution in [0.5, 0.6) is 11.5 Å². The van der Waals surface area contributed by atoms with Crippen molar-refractivity contribution in [2.24, 2.45) is 4.99 Å². The van der Waals surface area contributed by atoms with Gasteiger partial charge in [0.1, 0.15) is 17.0 Å². The molecule has 0 N–H and O–H groups in total. The van der Waals surface area contributed by atoms with Crippen LogP contribution in [0.25, 0.3) is 21.0 Å². The molecule has 31 heavy (non-hydrogen) atoms. The number of hydrogen-bond acceptors (Lipinski definition) is 5. The van der Waals surface area contributed by atoms with E-state index in [2.05, 4.69) is 4.99 Å². The van der Waals surface area contributed by atoms with Crippen LogP contribution in [0.4, 0.5) is 0 Å². The van der Waals surface area contributed by atoms with Crippen LogP contribution in [0, 0.1) is 0 Å². The molecule has 0 saturated carbocycles. The van der Waals surface area contributed by atoms with Crippen molar-refractivity contribution in [2.75, 3.05) is 27.4 Å². The number of thiazole rings is 1. The number of nitrogens with zero attached hydrogens (tertiary/aromatic N) is 2. The summed E-state index contributed by atoms with van der Waals surface area (Å²) in [6.07, 6.45) is 0. The smallest absolute Gasteiger partial charge is 0.283 e. The molecule has 0 radical (unpaired) electrons. The van der Waals surface area contributed by atoms with E-state index < -0.39 is 0 Å². The minimum absolute atomic E-state index is 0.349. The van der Waals surface area contributed by atoms with Crippen molar-refractivity contribution in [1.82, 2.24) is 4.57 Å². The van der Waals surface area contributed by atoms with Crippen LogP contribution < -0.4 is 14.3 Å². The minimum atomic E-state index is -0.349. The second-order valence-corrected chi connectivity index (χ2v) is 7.87. The van der Waals surface area contributed by atoms with Crippen molar-refractivity contribution >= 4 is 38.2 Å². The van der Waals surface area contributed by atoms with Gasteiger partial charge in [0.15, 0.2) is 4.80 Å².